The van der Waals surface area contributed by atoms with Crippen molar-refractivity contribution in [1.82, 2.24) is 5.32 Å². The Hall–Kier alpha value is -1.55. The number of amides is 1. The van der Waals surface area contributed by atoms with E-state index in [1.54, 1.807) is 7.11 Å². The zero-order chi connectivity index (χ0) is 14.3. The molecular formula is C15H23NO3. The normalized spacial score (nSPS) is 13.7. The molecule has 2 N–H and O–H groups in total. The first-order chi connectivity index (χ1) is 9.10. The molecule has 2 atom stereocenters. The molecule has 1 aromatic carbocycles. The van der Waals surface area contributed by atoms with Gasteiger partial charge in [0.05, 0.1) is 19.8 Å². The molecule has 0 saturated heterocycles. The van der Waals surface area contributed by atoms with Gasteiger partial charge < -0.3 is 15.2 Å². The van der Waals surface area contributed by atoms with Crippen molar-refractivity contribution in [1.29, 1.82) is 0 Å². The van der Waals surface area contributed by atoms with Crippen LogP contribution in [0.4, 0.5) is 0 Å². The Balaban J connectivity index is 2.58. The van der Waals surface area contributed by atoms with Crippen LogP contribution >= 0.6 is 0 Å². The SMILES string of the molecule is CC[C@H](CO)NC(=O)C[C@H](C)c1cccc(OC)c1. The van der Waals surface area contributed by atoms with E-state index in [-0.39, 0.29) is 24.5 Å². The van der Waals surface area contributed by atoms with Gasteiger partial charge in [0.1, 0.15) is 5.75 Å². The van der Waals surface area contributed by atoms with Crippen molar-refractivity contribution in [2.75, 3.05) is 13.7 Å². The molecule has 0 aliphatic rings. The van der Waals surface area contributed by atoms with Crippen LogP contribution < -0.4 is 10.1 Å². The Morgan fingerprint density at radius 1 is 1.47 bits per heavy atom. The van der Waals surface area contributed by atoms with E-state index in [2.05, 4.69) is 5.32 Å². The Labute approximate surface area is 114 Å². The average Bonchev–Trinajstić information content (AvgIpc) is 2.44. The fourth-order valence-electron chi connectivity index (χ4n) is 1.91. The fraction of sp³-hybridized carbons (Fsp3) is 0.533. The highest BCUT2D eigenvalue weighted by Crippen LogP contribution is 2.23. The highest BCUT2D eigenvalue weighted by molar-refractivity contribution is 5.77. The predicted octanol–water partition coefficient (Wildman–Crippen LogP) is 2.08. The molecular weight excluding hydrogens is 242 g/mol. The minimum absolute atomic E-state index is 0.0181. The summed E-state index contributed by atoms with van der Waals surface area (Å²) < 4.78 is 5.18. The zero-order valence-electron chi connectivity index (χ0n) is 11.8. The van der Waals surface area contributed by atoms with Gasteiger partial charge in [-0.1, -0.05) is 26.0 Å². The number of methoxy groups -OCH3 is 1. The van der Waals surface area contributed by atoms with Crippen LogP contribution in [0.1, 0.15) is 38.2 Å². The minimum atomic E-state index is -0.148. The van der Waals surface area contributed by atoms with E-state index in [1.165, 1.54) is 0 Å². The summed E-state index contributed by atoms with van der Waals surface area (Å²) in [5.41, 5.74) is 1.08. The lowest BCUT2D eigenvalue weighted by atomic mass is 9.97. The third-order valence-corrected chi connectivity index (χ3v) is 3.23. The van der Waals surface area contributed by atoms with Crippen molar-refractivity contribution < 1.29 is 14.6 Å². The van der Waals surface area contributed by atoms with Crippen LogP contribution in [0.25, 0.3) is 0 Å². The smallest absolute Gasteiger partial charge is 0.220 e. The summed E-state index contributed by atoms with van der Waals surface area (Å²) in [4.78, 5) is 11.9. The van der Waals surface area contributed by atoms with Crippen molar-refractivity contribution in [3.05, 3.63) is 29.8 Å². The van der Waals surface area contributed by atoms with Gasteiger partial charge in [0.15, 0.2) is 0 Å². The molecule has 0 unspecified atom stereocenters. The van der Waals surface area contributed by atoms with E-state index < -0.39 is 0 Å². The lowest BCUT2D eigenvalue weighted by molar-refractivity contribution is -0.122. The highest BCUT2D eigenvalue weighted by Gasteiger charge is 2.14. The van der Waals surface area contributed by atoms with Gasteiger partial charge in [-0.25, -0.2) is 0 Å². The number of rotatable bonds is 7. The molecule has 0 bridgehead atoms. The van der Waals surface area contributed by atoms with E-state index in [9.17, 15) is 4.79 Å². The monoisotopic (exact) mass is 265 g/mol. The summed E-state index contributed by atoms with van der Waals surface area (Å²) in [5, 5.41) is 11.9. The quantitative estimate of drug-likeness (QED) is 0.793. The molecule has 0 aliphatic heterocycles. The molecule has 0 aromatic heterocycles. The maximum Gasteiger partial charge on any atom is 0.220 e. The highest BCUT2D eigenvalue weighted by atomic mass is 16.5. The number of aliphatic hydroxyl groups is 1. The van der Waals surface area contributed by atoms with E-state index in [0.717, 1.165) is 17.7 Å². The molecule has 0 heterocycles. The van der Waals surface area contributed by atoms with Crippen molar-refractivity contribution in [3.63, 3.8) is 0 Å². The summed E-state index contributed by atoms with van der Waals surface area (Å²) in [6.45, 7) is 3.93. The Bertz CT molecular complexity index is 402. The molecule has 4 nitrogen and oxygen atoms in total. The number of aliphatic hydroxyl groups excluding tert-OH is 1. The summed E-state index contributed by atoms with van der Waals surface area (Å²) in [5.74, 6) is 0.883. The first-order valence-corrected chi connectivity index (χ1v) is 6.64. The molecule has 0 aliphatic carbocycles. The van der Waals surface area contributed by atoms with Crippen LogP contribution in [0.15, 0.2) is 24.3 Å². The van der Waals surface area contributed by atoms with Gasteiger partial charge in [0.25, 0.3) is 0 Å². The fourth-order valence-corrected chi connectivity index (χ4v) is 1.91. The van der Waals surface area contributed by atoms with Gasteiger partial charge in [-0.3, -0.25) is 4.79 Å². The molecule has 1 amide bonds. The molecule has 4 heteroatoms. The van der Waals surface area contributed by atoms with Crippen LogP contribution in [0.5, 0.6) is 5.75 Å². The number of carbonyl (C=O) groups is 1. The van der Waals surface area contributed by atoms with E-state index in [0.29, 0.717) is 6.42 Å². The number of carbonyl (C=O) groups excluding carboxylic acids is 1. The van der Waals surface area contributed by atoms with Crippen molar-refractivity contribution in [3.8, 4) is 5.75 Å². The molecule has 0 saturated carbocycles. The van der Waals surface area contributed by atoms with Gasteiger partial charge >= 0.3 is 0 Å². The van der Waals surface area contributed by atoms with Crippen molar-refractivity contribution >= 4 is 5.91 Å². The van der Waals surface area contributed by atoms with Gasteiger partial charge in [-0.05, 0) is 30.0 Å². The lowest BCUT2D eigenvalue weighted by Crippen LogP contribution is -2.37. The Morgan fingerprint density at radius 3 is 2.79 bits per heavy atom. The molecule has 106 valence electrons. The summed E-state index contributed by atoms with van der Waals surface area (Å²) in [6, 6.07) is 7.59. The average molecular weight is 265 g/mol. The van der Waals surface area contributed by atoms with Crippen molar-refractivity contribution in [2.45, 2.75) is 38.6 Å². The van der Waals surface area contributed by atoms with Crippen LogP contribution in [0.3, 0.4) is 0 Å². The maximum absolute atomic E-state index is 11.9. The molecule has 0 spiro atoms. The van der Waals surface area contributed by atoms with Crippen LogP contribution in [0, 0.1) is 0 Å². The van der Waals surface area contributed by atoms with Gasteiger partial charge in [-0.2, -0.15) is 0 Å². The first-order valence-electron chi connectivity index (χ1n) is 6.64. The van der Waals surface area contributed by atoms with Crippen LogP contribution in [0.2, 0.25) is 0 Å². The third-order valence-electron chi connectivity index (χ3n) is 3.23. The Kier molecular flexibility index (Phi) is 6.36. The zero-order valence-corrected chi connectivity index (χ0v) is 11.8. The molecule has 19 heavy (non-hydrogen) atoms. The Morgan fingerprint density at radius 2 is 2.21 bits per heavy atom. The van der Waals surface area contributed by atoms with Crippen LogP contribution in [-0.2, 0) is 4.79 Å². The summed E-state index contributed by atoms with van der Waals surface area (Å²) in [6.07, 6.45) is 1.14. The lowest BCUT2D eigenvalue weighted by Gasteiger charge is -2.17. The first kappa shape index (κ1) is 15.5. The summed E-state index contributed by atoms with van der Waals surface area (Å²) in [7, 11) is 1.63. The topological polar surface area (TPSA) is 58.6 Å². The van der Waals surface area contributed by atoms with Gasteiger partial charge in [-0.15, -0.1) is 0 Å². The van der Waals surface area contributed by atoms with Gasteiger partial charge in [0, 0.05) is 6.42 Å². The second kappa shape index (κ2) is 7.79. The standard InChI is InChI=1S/C15H23NO3/c1-4-13(10-17)16-15(18)8-11(2)12-6-5-7-14(9-12)19-3/h5-7,9,11,13,17H,4,8,10H2,1-3H3,(H,16,18)/t11-,13+/m0/s1. The van der Waals surface area contributed by atoms with Gasteiger partial charge in [0.2, 0.25) is 5.91 Å². The van der Waals surface area contributed by atoms with E-state index in [4.69, 9.17) is 9.84 Å². The number of nitrogens with one attached hydrogen (secondary N) is 1. The second-order valence-corrected chi connectivity index (χ2v) is 4.74. The molecule has 0 radical (unpaired) electrons. The van der Waals surface area contributed by atoms with Crippen molar-refractivity contribution in [2.24, 2.45) is 0 Å². The van der Waals surface area contributed by atoms with E-state index >= 15 is 0 Å². The maximum atomic E-state index is 11.9. The number of hydrogen-bond donors (Lipinski definition) is 2. The number of benzene rings is 1. The number of ether oxygens (including phenoxy) is 1. The predicted molar refractivity (Wildman–Crippen MR) is 75.3 cm³/mol. The second-order valence-electron chi connectivity index (χ2n) is 4.74. The molecule has 1 aromatic rings. The van der Waals surface area contributed by atoms with E-state index in [1.807, 2.05) is 38.1 Å². The third kappa shape index (κ3) is 4.91. The number of hydrogen-bond acceptors (Lipinski definition) is 3. The molecule has 1 rings (SSSR count). The molecule has 0 fully saturated rings. The minimum Gasteiger partial charge on any atom is -0.497 e. The van der Waals surface area contributed by atoms with Crippen LogP contribution in [-0.4, -0.2) is 30.8 Å². The summed E-state index contributed by atoms with van der Waals surface area (Å²) >= 11 is 0. The largest absolute Gasteiger partial charge is 0.497 e.